The lowest BCUT2D eigenvalue weighted by Crippen LogP contribution is -2.39. The maximum absolute atomic E-state index is 11.6. The minimum absolute atomic E-state index is 0.0655. The van der Waals surface area contributed by atoms with Gasteiger partial charge < -0.3 is 10.6 Å². The van der Waals surface area contributed by atoms with E-state index in [1.807, 2.05) is 24.3 Å². The quantitative estimate of drug-likeness (QED) is 0.899. The maximum atomic E-state index is 11.6. The molecule has 0 radical (unpaired) electrons. The molecular weight excluding hydrogens is 234 g/mol. The molecule has 0 aliphatic rings. The highest BCUT2D eigenvalue weighted by atomic mass is 32.1. The van der Waals surface area contributed by atoms with Crippen LogP contribution < -0.4 is 5.73 Å². The smallest absolute Gasteiger partial charge is 0.239 e. The lowest BCUT2D eigenvalue weighted by Gasteiger charge is -2.17. The Bertz CT molecular complexity index is 502. The number of fused-ring (bicyclic) bond motifs is 1. The normalized spacial score (nSPS) is 12.6. The minimum atomic E-state index is -0.464. The molecule has 1 aromatic carbocycles. The van der Waals surface area contributed by atoms with E-state index < -0.39 is 6.04 Å². The van der Waals surface area contributed by atoms with Crippen LogP contribution in [0.4, 0.5) is 0 Å². The Balaban J connectivity index is 2.16. The van der Waals surface area contributed by atoms with Crippen molar-refractivity contribution in [1.82, 2.24) is 9.88 Å². The first-order valence-electron chi connectivity index (χ1n) is 5.43. The van der Waals surface area contributed by atoms with Gasteiger partial charge in [0.2, 0.25) is 5.91 Å². The molecule has 1 heterocycles. The largest absolute Gasteiger partial charge is 0.338 e. The average Bonchev–Trinajstić information content (AvgIpc) is 2.69. The van der Waals surface area contributed by atoms with Gasteiger partial charge in [0.25, 0.3) is 0 Å². The molecule has 4 nitrogen and oxygen atoms in total. The molecular formula is C12H15N3OS. The van der Waals surface area contributed by atoms with Gasteiger partial charge in [-0.3, -0.25) is 4.79 Å². The molecule has 17 heavy (non-hydrogen) atoms. The second-order valence-electron chi connectivity index (χ2n) is 4.06. The molecule has 0 saturated carbocycles. The number of hydrogen-bond donors (Lipinski definition) is 1. The van der Waals surface area contributed by atoms with Gasteiger partial charge in [0.05, 0.1) is 22.8 Å². The number of amides is 1. The van der Waals surface area contributed by atoms with Gasteiger partial charge in [-0.2, -0.15) is 0 Å². The van der Waals surface area contributed by atoms with E-state index in [2.05, 4.69) is 4.98 Å². The van der Waals surface area contributed by atoms with Gasteiger partial charge >= 0.3 is 0 Å². The second kappa shape index (κ2) is 4.81. The highest BCUT2D eigenvalue weighted by Crippen LogP contribution is 2.22. The molecule has 1 atom stereocenters. The zero-order chi connectivity index (χ0) is 12.4. The number of para-hydroxylation sites is 1. The van der Waals surface area contributed by atoms with Gasteiger partial charge in [-0.25, -0.2) is 4.98 Å². The lowest BCUT2D eigenvalue weighted by molar-refractivity contribution is -0.131. The van der Waals surface area contributed by atoms with E-state index >= 15 is 0 Å². The van der Waals surface area contributed by atoms with E-state index in [0.29, 0.717) is 6.54 Å². The van der Waals surface area contributed by atoms with E-state index in [9.17, 15) is 4.79 Å². The molecule has 0 unspecified atom stereocenters. The summed E-state index contributed by atoms with van der Waals surface area (Å²) in [4.78, 5) is 17.7. The molecule has 90 valence electrons. The number of benzene rings is 1. The van der Waals surface area contributed by atoms with E-state index in [1.165, 1.54) is 0 Å². The molecule has 1 amide bonds. The highest BCUT2D eigenvalue weighted by molar-refractivity contribution is 7.18. The molecule has 0 saturated heterocycles. The van der Waals surface area contributed by atoms with Crippen LogP contribution in [-0.4, -0.2) is 28.9 Å². The number of likely N-dealkylation sites (N-methyl/N-ethyl adjacent to an activating group) is 1. The number of carbonyl (C=O) groups excluding carboxylic acids is 1. The van der Waals surface area contributed by atoms with Crippen molar-refractivity contribution in [2.45, 2.75) is 19.5 Å². The summed E-state index contributed by atoms with van der Waals surface area (Å²) < 4.78 is 1.14. The molecule has 2 rings (SSSR count). The Kier molecular flexibility index (Phi) is 3.40. The van der Waals surface area contributed by atoms with E-state index in [4.69, 9.17) is 5.73 Å². The van der Waals surface area contributed by atoms with Crippen LogP contribution >= 0.6 is 11.3 Å². The van der Waals surface area contributed by atoms with Crippen molar-refractivity contribution in [2.24, 2.45) is 5.73 Å². The van der Waals surface area contributed by atoms with Crippen LogP contribution in [0.2, 0.25) is 0 Å². The highest BCUT2D eigenvalue weighted by Gasteiger charge is 2.15. The van der Waals surface area contributed by atoms with Crippen molar-refractivity contribution in [3.8, 4) is 0 Å². The van der Waals surface area contributed by atoms with Crippen LogP contribution in [-0.2, 0) is 11.3 Å². The average molecular weight is 249 g/mol. The number of nitrogens with zero attached hydrogens (tertiary/aromatic N) is 2. The third kappa shape index (κ3) is 2.62. The summed E-state index contributed by atoms with van der Waals surface area (Å²) in [7, 11) is 1.75. The van der Waals surface area contributed by atoms with E-state index in [0.717, 1.165) is 15.2 Å². The van der Waals surface area contributed by atoms with Crippen LogP contribution in [0.15, 0.2) is 24.3 Å². The van der Waals surface area contributed by atoms with Crippen molar-refractivity contribution < 1.29 is 4.79 Å². The first-order valence-corrected chi connectivity index (χ1v) is 6.24. The van der Waals surface area contributed by atoms with Gasteiger partial charge in [0.1, 0.15) is 5.01 Å². The lowest BCUT2D eigenvalue weighted by atomic mass is 10.3. The minimum Gasteiger partial charge on any atom is -0.338 e. The summed E-state index contributed by atoms with van der Waals surface area (Å²) in [5.74, 6) is -0.0655. The summed E-state index contributed by atoms with van der Waals surface area (Å²) >= 11 is 1.61. The molecule has 0 aliphatic carbocycles. The Morgan fingerprint density at radius 1 is 1.53 bits per heavy atom. The number of carbonyl (C=O) groups is 1. The predicted octanol–water partition coefficient (Wildman–Crippen LogP) is 1.60. The van der Waals surface area contributed by atoms with Gasteiger partial charge in [-0.1, -0.05) is 12.1 Å². The van der Waals surface area contributed by atoms with Crippen LogP contribution in [0.25, 0.3) is 10.2 Å². The molecule has 1 aromatic heterocycles. The predicted molar refractivity (Wildman–Crippen MR) is 69.7 cm³/mol. The molecule has 0 spiro atoms. The third-order valence-electron chi connectivity index (χ3n) is 2.48. The number of nitrogens with two attached hydrogens (primary N) is 1. The Morgan fingerprint density at radius 3 is 2.88 bits per heavy atom. The number of aromatic nitrogens is 1. The molecule has 2 N–H and O–H groups in total. The van der Waals surface area contributed by atoms with Crippen molar-refractivity contribution in [3.05, 3.63) is 29.3 Å². The standard InChI is InChI=1S/C12H15N3OS/c1-8(13)12(16)15(2)7-11-14-9-5-3-4-6-10(9)17-11/h3-6,8H,7,13H2,1-2H3/t8-/m1/s1. The molecule has 0 aliphatic heterocycles. The van der Waals surface area contributed by atoms with Crippen molar-refractivity contribution in [3.63, 3.8) is 0 Å². The third-order valence-corrected chi connectivity index (χ3v) is 3.50. The Hall–Kier alpha value is -1.46. The second-order valence-corrected chi connectivity index (χ2v) is 5.17. The zero-order valence-electron chi connectivity index (χ0n) is 9.88. The number of rotatable bonds is 3. The van der Waals surface area contributed by atoms with E-state index in [1.54, 1.807) is 30.2 Å². The molecule has 0 bridgehead atoms. The summed E-state index contributed by atoms with van der Waals surface area (Å²) in [6.07, 6.45) is 0. The van der Waals surface area contributed by atoms with Gasteiger partial charge in [-0.05, 0) is 19.1 Å². The fourth-order valence-electron chi connectivity index (χ4n) is 1.62. The zero-order valence-corrected chi connectivity index (χ0v) is 10.7. The van der Waals surface area contributed by atoms with Crippen molar-refractivity contribution in [2.75, 3.05) is 7.05 Å². The van der Waals surface area contributed by atoms with Crippen LogP contribution in [0.5, 0.6) is 0 Å². The van der Waals surface area contributed by atoms with Crippen molar-refractivity contribution in [1.29, 1.82) is 0 Å². The van der Waals surface area contributed by atoms with E-state index in [-0.39, 0.29) is 5.91 Å². The van der Waals surface area contributed by atoms with Crippen LogP contribution in [0, 0.1) is 0 Å². The molecule has 0 fully saturated rings. The number of thiazole rings is 1. The fourth-order valence-corrected chi connectivity index (χ4v) is 2.64. The summed E-state index contributed by atoms with van der Waals surface area (Å²) in [5.41, 5.74) is 6.54. The first kappa shape index (κ1) is 12.0. The Labute approximate surface area is 104 Å². The summed E-state index contributed by atoms with van der Waals surface area (Å²) in [5, 5.41) is 0.933. The first-order chi connectivity index (χ1) is 8.08. The van der Waals surface area contributed by atoms with Crippen LogP contribution in [0.3, 0.4) is 0 Å². The summed E-state index contributed by atoms with van der Waals surface area (Å²) in [6, 6.07) is 7.49. The SMILES string of the molecule is C[C@@H](N)C(=O)N(C)Cc1nc2ccccc2s1. The van der Waals surface area contributed by atoms with Gasteiger partial charge in [0, 0.05) is 7.05 Å². The molecule has 2 aromatic rings. The summed E-state index contributed by atoms with van der Waals surface area (Å²) in [6.45, 7) is 2.21. The molecule has 5 heteroatoms. The van der Waals surface area contributed by atoms with Gasteiger partial charge in [-0.15, -0.1) is 11.3 Å². The Morgan fingerprint density at radius 2 is 2.24 bits per heavy atom. The monoisotopic (exact) mass is 249 g/mol. The number of hydrogen-bond acceptors (Lipinski definition) is 4. The topological polar surface area (TPSA) is 59.2 Å². The van der Waals surface area contributed by atoms with Crippen LogP contribution in [0.1, 0.15) is 11.9 Å². The maximum Gasteiger partial charge on any atom is 0.239 e. The van der Waals surface area contributed by atoms with Gasteiger partial charge in [0.15, 0.2) is 0 Å². The fraction of sp³-hybridized carbons (Fsp3) is 0.333. The van der Waals surface area contributed by atoms with Crippen molar-refractivity contribution >= 4 is 27.5 Å².